The Morgan fingerprint density at radius 1 is 1.39 bits per heavy atom. The number of nitrogens with zero attached hydrogens (tertiary/aromatic N) is 1. The molecule has 0 unspecified atom stereocenters. The van der Waals surface area contributed by atoms with Gasteiger partial charge in [-0.25, -0.2) is 0 Å². The molecule has 2 atom stereocenters. The minimum absolute atomic E-state index is 0.0227. The van der Waals surface area contributed by atoms with Crippen molar-refractivity contribution in [3.8, 4) is 0 Å². The molecule has 4 heteroatoms. The van der Waals surface area contributed by atoms with E-state index in [0.29, 0.717) is 13.2 Å². The number of likely N-dealkylation sites (N-methyl/N-ethyl adjacent to an activating group) is 1. The van der Waals surface area contributed by atoms with E-state index in [2.05, 4.69) is 0 Å². The lowest BCUT2D eigenvalue weighted by atomic mass is 9.96. The van der Waals surface area contributed by atoms with Gasteiger partial charge in [-0.05, 0) is 5.56 Å². The van der Waals surface area contributed by atoms with Crippen molar-refractivity contribution in [3.05, 3.63) is 35.9 Å². The zero-order valence-corrected chi connectivity index (χ0v) is 10.8. The Kier molecular flexibility index (Phi) is 4.33. The summed E-state index contributed by atoms with van der Waals surface area (Å²) in [5, 5.41) is 0. The maximum atomic E-state index is 11.7. The summed E-state index contributed by atoms with van der Waals surface area (Å²) in [6.07, 6.45) is -0.0833. The van der Waals surface area contributed by atoms with Gasteiger partial charge < -0.3 is 14.4 Å². The zero-order chi connectivity index (χ0) is 13.0. The van der Waals surface area contributed by atoms with Crippen LogP contribution < -0.4 is 0 Å². The van der Waals surface area contributed by atoms with Gasteiger partial charge in [0.1, 0.15) is 6.61 Å². The Morgan fingerprint density at radius 2 is 2.11 bits per heavy atom. The van der Waals surface area contributed by atoms with Crippen LogP contribution in [-0.2, 0) is 14.3 Å². The molecule has 18 heavy (non-hydrogen) atoms. The van der Waals surface area contributed by atoms with Crippen LogP contribution in [-0.4, -0.2) is 44.7 Å². The van der Waals surface area contributed by atoms with Gasteiger partial charge in [0.2, 0.25) is 5.91 Å². The van der Waals surface area contributed by atoms with Crippen LogP contribution in [0.4, 0.5) is 0 Å². The van der Waals surface area contributed by atoms with Crippen molar-refractivity contribution in [1.82, 2.24) is 4.90 Å². The molecule has 98 valence electrons. The van der Waals surface area contributed by atoms with Crippen LogP contribution in [0.3, 0.4) is 0 Å². The first-order valence-corrected chi connectivity index (χ1v) is 6.12. The lowest BCUT2D eigenvalue weighted by Crippen LogP contribution is -2.32. The normalized spacial score (nSPS) is 25.0. The van der Waals surface area contributed by atoms with Gasteiger partial charge in [0, 0.05) is 26.6 Å². The van der Waals surface area contributed by atoms with Crippen LogP contribution in [0, 0.1) is 5.92 Å². The third kappa shape index (κ3) is 2.89. The highest BCUT2D eigenvalue weighted by Gasteiger charge is 2.30. The Morgan fingerprint density at radius 3 is 2.78 bits per heavy atom. The maximum Gasteiger partial charge on any atom is 0.248 e. The van der Waals surface area contributed by atoms with E-state index in [0.717, 1.165) is 5.56 Å². The number of methoxy groups -OCH3 is 1. The van der Waals surface area contributed by atoms with Gasteiger partial charge in [0.25, 0.3) is 0 Å². The van der Waals surface area contributed by atoms with E-state index in [9.17, 15) is 4.79 Å². The first-order chi connectivity index (χ1) is 8.72. The second kappa shape index (κ2) is 5.98. The number of ether oxygens (including phenoxy) is 2. The number of hydrogen-bond donors (Lipinski definition) is 0. The van der Waals surface area contributed by atoms with Gasteiger partial charge in [0.05, 0.1) is 12.7 Å². The lowest BCUT2D eigenvalue weighted by Gasteiger charge is -2.25. The summed E-state index contributed by atoms with van der Waals surface area (Å²) < 4.78 is 11.0. The molecule has 1 heterocycles. The summed E-state index contributed by atoms with van der Waals surface area (Å²) in [5.74, 6) is 0.184. The molecule has 4 nitrogen and oxygen atoms in total. The topological polar surface area (TPSA) is 38.8 Å². The quantitative estimate of drug-likeness (QED) is 0.814. The van der Waals surface area contributed by atoms with Crippen molar-refractivity contribution in [1.29, 1.82) is 0 Å². The third-order valence-electron chi connectivity index (χ3n) is 3.26. The fourth-order valence-electron chi connectivity index (χ4n) is 2.32. The van der Waals surface area contributed by atoms with Gasteiger partial charge in [-0.3, -0.25) is 4.79 Å². The third-order valence-corrected chi connectivity index (χ3v) is 3.26. The number of carbonyl (C=O) groups excluding carboxylic acids is 1. The van der Waals surface area contributed by atoms with Gasteiger partial charge in [-0.2, -0.15) is 0 Å². The Hall–Kier alpha value is -1.39. The molecule has 2 rings (SSSR count). The first kappa shape index (κ1) is 13.1. The molecule has 1 aliphatic rings. The highest BCUT2D eigenvalue weighted by molar-refractivity contribution is 5.77. The van der Waals surface area contributed by atoms with E-state index < -0.39 is 0 Å². The van der Waals surface area contributed by atoms with Crippen LogP contribution in [0.2, 0.25) is 0 Å². The molecule has 1 aromatic carbocycles. The minimum Gasteiger partial charge on any atom is -0.384 e. The van der Waals surface area contributed by atoms with Gasteiger partial charge in [0.15, 0.2) is 0 Å². The first-order valence-electron chi connectivity index (χ1n) is 6.12. The van der Waals surface area contributed by atoms with Crippen LogP contribution in [0.1, 0.15) is 11.7 Å². The molecular weight excluding hydrogens is 230 g/mol. The van der Waals surface area contributed by atoms with Gasteiger partial charge in [-0.15, -0.1) is 0 Å². The van der Waals surface area contributed by atoms with Crippen molar-refractivity contribution in [2.75, 3.05) is 33.9 Å². The number of hydrogen-bond acceptors (Lipinski definition) is 3. The Balaban J connectivity index is 2.22. The van der Waals surface area contributed by atoms with Crippen LogP contribution in [0.15, 0.2) is 30.3 Å². The fourth-order valence-corrected chi connectivity index (χ4v) is 2.32. The molecule has 0 saturated carbocycles. The number of benzene rings is 1. The van der Waals surface area contributed by atoms with E-state index >= 15 is 0 Å². The zero-order valence-electron chi connectivity index (χ0n) is 10.8. The van der Waals surface area contributed by atoms with E-state index in [1.807, 2.05) is 37.4 Å². The van der Waals surface area contributed by atoms with Crippen molar-refractivity contribution in [2.45, 2.75) is 6.10 Å². The standard InChI is InChI=1S/C14H19NO3/c1-15-8-12(9-17-2)14(18-10-13(15)16)11-6-4-3-5-7-11/h3-7,12,14H,8-10H2,1-2H3/t12-,14-/m1/s1. The average Bonchev–Trinajstić information content (AvgIpc) is 2.52. The molecule has 1 aliphatic heterocycles. The lowest BCUT2D eigenvalue weighted by molar-refractivity contribution is -0.133. The molecule has 1 aromatic rings. The fraction of sp³-hybridized carbons (Fsp3) is 0.500. The Labute approximate surface area is 107 Å². The largest absolute Gasteiger partial charge is 0.384 e. The summed E-state index contributed by atoms with van der Waals surface area (Å²) in [7, 11) is 3.48. The predicted molar refractivity (Wildman–Crippen MR) is 68.1 cm³/mol. The number of amides is 1. The second-order valence-corrected chi connectivity index (χ2v) is 4.63. The monoisotopic (exact) mass is 249 g/mol. The molecule has 0 N–H and O–H groups in total. The van der Waals surface area contributed by atoms with Gasteiger partial charge >= 0.3 is 0 Å². The predicted octanol–water partition coefficient (Wildman–Crippen LogP) is 1.48. The molecule has 0 radical (unpaired) electrons. The highest BCUT2D eigenvalue weighted by Crippen LogP contribution is 2.29. The second-order valence-electron chi connectivity index (χ2n) is 4.63. The minimum atomic E-state index is -0.0833. The molecule has 1 saturated heterocycles. The molecule has 0 aliphatic carbocycles. The SMILES string of the molecule is COC[C@H]1CN(C)C(=O)CO[C@@H]1c1ccccc1. The maximum absolute atomic E-state index is 11.7. The molecular formula is C14H19NO3. The highest BCUT2D eigenvalue weighted by atomic mass is 16.5. The average molecular weight is 249 g/mol. The van der Waals surface area contributed by atoms with Crippen molar-refractivity contribution in [3.63, 3.8) is 0 Å². The summed E-state index contributed by atoms with van der Waals surface area (Å²) in [5.41, 5.74) is 1.10. The van der Waals surface area contributed by atoms with Crippen molar-refractivity contribution >= 4 is 5.91 Å². The van der Waals surface area contributed by atoms with Crippen LogP contribution >= 0.6 is 0 Å². The molecule has 0 aromatic heterocycles. The number of rotatable bonds is 3. The summed E-state index contributed by atoms with van der Waals surface area (Å²) in [4.78, 5) is 13.4. The molecule has 0 bridgehead atoms. The number of carbonyl (C=O) groups is 1. The van der Waals surface area contributed by atoms with E-state index in [-0.39, 0.29) is 24.5 Å². The van der Waals surface area contributed by atoms with E-state index in [1.165, 1.54) is 0 Å². The Bertz CT molecular complexity index is 393. The van der Waals surface area contributed by atoms with Crippen molar-refractivity contribution in [2.24, 2.45) is 5.92 Å². The molecule has 1 amide bonds. The van der Waals surface area contributed by atoms with E-state index in [1.54, 1.807) is 12.0 Å². The summed E-state index contributed by atoms with van der Waals surface area (Å²) in [6, 6.07) is 10.0. The summed E-state index contributed by atoms with van der Waals surface area (Å²) >= 11 is 0. The van der Waals surface area contributed by atoms with Crippen LogP contribution in [0.25, 0.3) is 0 Å². The van der Waals surface area contributed by atoms with Crippen LogP contribution in [0.5, 0.6) is 0 Å². The van der Waals surface area contributed by atoms with Crippen molar-refractivity contribution < 1.29 is 14.3 Å². The van der Waals surface area contributed by atoms with E-state index in [4.69, 9.17) is 9.47 Å². The summed E-state index contributed by atoms with van der Waals surface area (Å²) in [6.45, 7) is 1.37. The molecule has 0 spiro atoms. The molecule has 1 fully saturated rings. The van der Waals surface area contributed by atoms with Gasteiger partial charge in [-0.1, -0.05) is 30.3 Å². The smallest absolute Gasteiger partial charge is 0.248 e.